The Kier molecular flexibility index (Phi) is 5.27. The number of aryl methyl sites for hydroxylation is 2. The first-order chi connectivity index (χ1) is 13.5. The second-order valence-electron chi connectivity index (χ2n) is 6.61. The van der Waals surface area contributed by atoms with Gasteiger partial charge in [-0.25, -0.2) is 0 Å². The van der Waals surface area contributed by atoms with Gasteiger partial charge in [0.25, 0.3) is 0 Å². The fourth-order valence-corrected chi connectivity index (χ4v) is 4.22. The molecule has 0 saturated heterocycles. The van der Waals surface area contributed by atoms with Crippen molar-refractivity contribution in [1.29, 1.82) is 0 Å². The van der Waals surface area contributed by atoms with Crippen molar-refractivity contribution < 1.29 is 0 Å². The van der Waals surface area contributed by atoms with Crippen molar-refractivity contribution in [2.24, 2.45) is 0 Å². The lowest BCUT2D eigenvalue weighted by Gasteiger charge is -2.10. The molecule has 0 fully saturated rings. The predicted octanol–water partition coefficient (Wildman–Crippen LogP) is 4.71. The van der Waals surface area contributed by atoms with Crippen molar-refractivity contribution in [3.8, 4) is 0 Å². The number of nitrogens with zero attached hydrogens (tertiary/aromatic N) is 6. The third-order valence-corrected chi connectivity index (χ3v) is 6.16. The van der Waals surface area contributed by atoms with E-state index in [4.69, 9.17) is 0 Å². The zero-order valence-corrected chi connectivity index (χ0v) is 18.2. The van der Waals surface area contributed by atoms with Gasteiger partial charge in [-0.05, 0) is 38.5 Å². The van der Waals surface area contributed by atoms with E-state index < -0.39 is 0 Å². The van der Waals surface area contributed by atoms with E-state index in [9.17, 15) is 0 Å². The molecule has 9 heteroatoms. The van der Waals surface area contributed by atoms with Crippen molar-refractivity contribution in [2.45, 2.75) is 33.4 Å². The van der Waals surface area contributed by atoms with E-state index in [0.717, 1.165) is 31.8 Å². The Bertz CT molecular complexity index is 1100. The standard InChI is InChI=1S/C19H20BrN7S/c1-12-10-13(2)27(24-12)14(3)18-22-23-19(28-18)21-17-8-9-26(25-17)11-15-6-4-5-7-16(15)20/h4-10,14H,11H2,1-3H3,(H,21,23,25). The van der Waals surface area contributed by atoms with Gasteiger partial charge in [0.1, 0.15) is 11.0 Å². The van der Waals surface area contributed by atoms with Crippen molar-refractivity contribution >= 4 is 38.2 Å². The van der Waals surface area contributed by atoms with Gasteiger partial charge in [0.15, 0.2) is 5.82 Å². The summed E-state index contributed by atoms with van der Waals surface area (Å²) < 4.78 is 4.95. The van der Waals surface area contributed by atoms with Gasteiger partial charge < -0.3 is 5.32 Å². The number of hydrogen-bond acceptors (Lipinski definition) is 6. The first kappa shape index (κ1) is 18.8. The van der Waals surface area contributed by atoms with Crippen LogP contribution in [0.1, 0.15) is 34.9 Å². The van der Waals surface area contributed by atoms with Gasteiger partial charge in [-0.1, -0.05) is 45.5 Å². The third kappa shape index (κ3) is 4.00. The second kappa shape index (κ2) is 7.84. The number of rotatable bonds is 6. The number of aromatic nitrogens is 6. The lowest BCUT2D eigenvalue weighted by molar-refractivity contribution is 0.540. The van der Waals surface area contributed by atoms with Crippen LogP contribution >= 0.6 is 27.3 Å². The van der Waals surface area contributed by atoms with Crippen LogP contribution in [-0.4, -0.2) is 29.8 Å². The molecule has 0 saturated carbocycles. The van der Waals surface area contributed by atoms with Gasteiger partial charge in [0.05, 0.1) is 12.2 Å². The minimum absolute atomic E-state index is 0.0368. The summed E-state index contributed by atoms with van der Waals surface area (Å²) in [6.07, 6.45) is 1.95. The fraction of sp³-hybridized carbons (Fsp3) is 0.263. The van der Waals surface area contributed by atoms with Crippen LogP contribution in [0.25, 0.3) is 0 Å². The molecule has 4 aromatic rings. The maximum absolute atomic E-state index is 4.58. The largest absolute Gasteiger partial charge is 0.313 e. The Morgan fingerprint density at radius 2 is 1.96 bits per heavy atom. The Hall–Kier alpha value is -2.52. The van der Waals surface area contributed by atoms with Crippen molar-refractivity contribution in [2.75, 3.05) is 5.32 Å². The highest BCUT2D eigenvalue weighted by molar-refractivity contribution is 9.10. The highest BCUT2D eigenvalue weighted by Crippen LogP contribution is 2.27. The monoisotopic (exact) mass is 457 g/mol. The van der Waals surface area contributed by atoms with E-state index in [1.54, 1.807) is 0 Å². The van der Waals surface area contributed by atoms with E-state index in [-0.39, 0.29) is 6.04 Å². The van der Waals surface area contributed by atoms with Crippen LogP contribution in [0.4, 0.5) is 10.9 Å². The molecule has 1 unspecified atom stereocenters. The molecule has 1 atom stereocenters. The normalized spacial score (nSPS) is 12.3. The Labute approximate surface area is 175 Å². The number of halogens is 1. The van der Waals surface area contributed by atoms with Crippen LogP contribution in [0, 0.1) is 13.8 Å². The second-order valence-corrected chi connectivity index (χ2v) is 8.47. The SMILES string of the molecule is Cc1cc(C)n(C(C)c2nnc(Nc3ccn(Cc4ccccc4Br)n3)s2)n1. The average Bonchev–Trinajstić information content (AvgIpc) is 3.38. The smallest absolute Gasteiger partial charge is 0.211 e. The molecule has 0 aliphatic carbocycles. The van der Waals surface area contributed by atoms with Crippen LogP contribution in [-0.2, 0) is 6.54 Å². The van der Waals surface area contributed by atoms with Crippen LogP contribution < -0.4 is 5.32 Å². The average molecular weight is 458 g/mol. The molecule has 7 nitrogen and oxygen atoms in total. The van der Waals surface area contributed by atoms with E-state index in [2.05, 4.69) is 67.6 Å². The number of benzene rings is 1. The summed E-state index contributed by atoms with van der Waals surface area (Å²) in [6.45, 7) is 6.82. The summed E-state index contributed by atoms with van der Waals surface area (Å²) in [7, 11) is 0. The Morgan fingerprint density at radius 3 is 2.71 bits per heavy atom. The molecule has 0 aliphatic heterocycles. The predicted molar refractivity (Wildman–Crippen MR) is 114 cm³/mol. The van der Waals surface area contributed by atoms with Crippen LogP contribution in [0.15, 0.2) is 47.1 Å². The zero-order chi connectivity index (χ0) is 19.7. The molecule has 0 spiro atoms. The summed E-state index contributed by atoms with van der Waals surface area (Å²) in [4.78, 5) is 0. The minimum Gasteiger partial charge on any atom is -0.313 e. The van der Waals surface area contributed by atoms with Crippen LogP contribution in [0.3, 0.4) is 0 Å². The van der Waals surface area contributed by atoms with Gasteiger partial charge in [0, 0.05) is 22.4 Å². The molecule has 144 valence electrons. The lowest BCUT2D eigenvalue weighted by Crippen LogP contribution is -2.10. The molecular weight excluding hydrogens is 438 g/mol. The van der Waals surface area contributed by atoms with E-state index in [1.807, 2.05) is 46.7 Å². The maximum atomic E-state index is 4.58. The molecule has 0 bridgehead atoms. The highest BCUT2D eigenvalue weighted by Gasteiger charge is 2.17. The Morgan fingerprint density at radius 1 is 1.14 bits per heavy atom. The van der Waals surface area contributed by atoms with Crippen molar-refractivity contribution in [1.82, 2.24) is 29.8 Å². The van der Waals surface area contributed by atoms with Crippen molar-refractivity contribution in [3.63, 3.8) is 0 Å². The van der Waals surface area contributed by atoms with Crippen molar-refractivity contribution in [3.05, 3.63) is 69.0 Å². The molecule has 28 heavy (non-hydrogen) atoms. The third-order valence-electron chi connectivity index (χ3n) is 4.38. The molecule has 0 aliphatic rings. The summed E-state index contributed by atoms with van der Waals surface area (Å²) in [5.74, 6) is 0.744. The number of hydrogen-bond donors (Lipinski definition) is 1. The molecule has 3 heterocycles. The van der Waals surface area contributed by atoms with Gasteiger partial charge in [-0.3, -0.25) is 9.36 Å². The Balaban J connectivity index is 1.45. The summed E-state index contributed by atoms with van der Waals surface area (Å²) in [5, 5.41) is 22.6. The maximum Gasteiger partial charge on any atom is 0.211 e. The topological polar surface area (TPSA) is 73.5 Å². The number of nitrogens with one attached hydrogen (secondary N) is 1. The van der Waals surface area contributed by atoms with Gasteiger partial charge in [-0.15, -0.1) is 10.2 Å². The van der Waals surface area contributed by atoms with Gasteiger partial charge in [-0.2, -0.15) is 10.2 Å². The van der Waals surface area contributed by atoms with Gasteiger partial charge in [0.2, 0.25) is 5.13 Å². The first-order valence-corrected chi connectivity index (χ1v) is 10.5. The molecule has 4 rings (SSSR count). The molecule has 1 aromatic carbocycles. The van der Waals surface area contributed by atoms with Crippen LogP contribution in [0.2, 0.25) is 0 Å². The fourth-order valence-electron chi connectivity index (χ4n) is 3.02. The first-order valence-electron chi connectivity index (χ1n) is 8.89. The van der Waals surface area contributed by atoms with Gasteiger partial charge >= 0.3 is 0 Å². The quantitative estimate of drug-likeness (QED) is 0.453. The summed E-state index contributed by atoms with van der Waals surface area (Å²) in [5.41, 5.74) is 3.29. The molecule has 0 radical (unpaired) electrons. The lowest BCUT2D eigenvalue weighted by atomic mass is 10.2. The summed E-state index contributed by atoms with van der Waals surface area (Å²) >= 11 is 5.09. The van der Waals surface area contributed by atoms with E-state index >= 15 is 0 Å². The molecular formula is C19H20BrN7S. The van der Waals surface area contributed by atoms with E-state index in [1.165, 1.54) is 16.9 Å². The molecule has 3 aromatic heterocycles. The zero-order valence-electron chi connectivity index (χ0n) is 15.8. The summed E-state index contributed by atoms with van der Waals surface area (Å²) in [6, 6.07) is 12.2. The molecule has 1 N–H and O–H groups in total. The minimum atomic E-state index is 0.0368. The van der Waals surface area contributed by atoms with E-state index in [0.29, 0.717) is 6.54 Å². The highest BCUT2D eigenvalue weighted by atomic mass is 79.9. The number of anilines is 2. The molecule has 0 amide bonds. The van der Waals surface area contributed by atoms with Crippen LogP contribution in [0.5, 0.6) is 0 Å².